The smallest absolute Gasteiger partial charge is 0.305 e. The van der Waals surface area contributed by atoms with Crippen molar-refractivity contribution in [2.24, 2.45) is 0 Å². The normalized spacial score (nSPS) is 29.0. The van der Waals surface area contributed by atoms with Crippen molar-refractivity contribution in [3.05, 3.63) is 79.2 Å². The molecule has 6 rings (SSSR count). The largest absolute Gasteiger partial charge is 0.507 e. The Morgan fingerprint density at radius 1 is 0.885 bits per heavy atom. The van der Waals surface area contributed by atoms with Gasteiger partial charge in [0.1, 0.15) is 29.3 Å². The maximum absolute atomic E-state index is 15.5. The molecule has 0 spiro atoms. The van der Waals surface area contributed by atoms with Crippen LogP contribution >= 0.6 is 0 Å². The number of hydrogen-bond donors (Lipinski definition) is 1. The highest BCUT2D eigenvalue weighted by Gasteiger charge is 2.56. The number of phenolic OH excluding ortho intramolecular Hbond substituents is 1. The van der Waals surface area contributed by atoms with Crippen LogP contribution in [0.25, 0.3) is 16.5 Å². The van der Waals surface area contributed by atoms with E-state index in [-0.39, 0.29) is 57.4 Å². The molecule has 15 heteroatoms. The lowest BCUT2D eigenvalue weighted by Gasteiger charge is -2.51. The fourth-order valence-corrected chi connectivity index (χ4v) is 9.49. The number of carbonyl (C=O) groups is 4. The van der Waals surface area contributed by atoms with E-state index in [1.165, 1.54) is 33.9 Å². The molecule has 0 saturated carbocycles. The summed E-state index contributed by atoms with van der Waals surface area (Å²) >= 11 is 0. The predicted molar refractivity (Wildman–Crippen MR) is 224 cm³/mol. The number of rotatable bonds is 9. The molecule has 2 saturated heterocycles. The van der Waals surface area contributed by atoms with Crippen molar-refractivity contribution in [1.29, 1.82) is 0 Å². The quantitative estimate of drug-likeness (QED) is 0.150. The van der Waals surface area contributed by atoms with Gasteiger partial charge >= 0.3 is 17.9 Å². The van der Waals surface area contributed by atoms with Crippen LogP contribution in [0.4, 0.5) is 0 Å². The van der Waals surface area contributed by atoms with E-state index in [4.69, 9.17) is 32.8 Å². The van der Waals surface area contributed by atoms with Crippen molar-refractivity contribution >= 4 is 40.2 Å². The van der Waals surface area contributed by atoms with Crippen LogP contribution in [0.2, 0.25) is 0 Å². The number of ether oxygens (including phenoxy) is 6. The van der Waals surface area contributed by atoms with E-state index in [0.717, 1.165) is 0 Å². The summed E-state index contributed by atoms with van der Waals surface area (Å²) in [5.74, 6) is -4.99. The number of aromatic hydroxyl groups is 1. The molecular formula is C46H58N2O13. The second kappa shape index (κ2) is 16.7. The molecule has 0 radical (unpaired) electrons. The van der Waals surface area contributed by atoms with E-state index in [1.54, 1.807) is 52.8 Å². The van der Waals surface area contributed by atoms with Crippen LogP contribution in [-0.2, 0) is 48.6 Å². The molecule has 9 atom stereocenters. The zero-order valence-corrected chi connectivity index (χ0v) is 37.5. The van der Waals surface area contributed by atoms with Crippen molar-refractivity contribution in [2.75, 3.05) is 35.3 Å². The highest BCUT2D eigenvalue weighted by atomic mass is 16.7. The molecule has 0 bridgehead atoms. The Bertz CT molecular complexity index is 2380. The van der Waals surface area contributed by atoms with Crippen LogP contribution in [0.3, 0.4) is 0 Å². The molecule has 2 fully saturated rings. The zero-order chi connectivity index (χ0) is 45.2. The summed E-state index contributed by atoms with van der Waals surface area (Å²) < 4.78 is 44.0. The van der Waals surface area contributed by atoms with Crippen molar-refractivity contribution in [2.45, 2.75) is 129 Å². The van der Waals surface area contributed by atoms with Crippen molar-refractivity contribution in [1.82, 2.24) is 9.80 Å². The van der Waals surface area contributed by atoms with Gasteiger partial charge in [0.25, 0.3) is 5.79 Å². The van der Waals surface area contributed by atoms with Gasteiger partial charge < -0.3 is 47.7 Å². The molecular weight excluding hydrogens is 789 g/mol. The van der Waals surface area contributed by atoms with Gasteiger partial charge in [0.2, 0.25) is 0 Å². The Balaban J connectivity index is 1.74. The van der Waals surface area contributed by atoms with Crippen LogP contribution in [0.5, 0.6) is 5.75 Å². The summed E-state index contributed by atoms with van der Waals surface area (Å²) in [4.78, 5) is 71.4. The Kier molecular flexibility index (Phi) is 12.5. The Morgan fingerprint density at radius 3 is 2.08 bits per heavy atom. The number of hydrogen-bond acceptors (Lipinski definition) is 15. The third-order valence-electron chi connectivity index (χ3n) is 12.8. The second-order valence-corrected chi connectivity index (χ2v) is 17.1. The third-order valence-corrected chi connectivity index (χ3v) is 12.8. The standard InChI is InChI=1S/C46H58N2O13/c1-15-21(2)33-19-32(52)36-22(3)16-30-38(43(36)60-33)46(55-14,61-27(8)51)39-37(40(30)53)28(34-18-31(47(10)11)42(23(4)56-34)58-25(6)49)17-29(41(39)54)35-20-45(9,48(12)13)44(24(5)57-35)59-26(7)50/h15-17,19,23-24,31,34-35,42,44,54H,18,20H2,1-14H3/b21-15+. The van der Waals surface area contributed by atoms with Crippen LogP contribution in [0.1, 0.15) is 130 Å². The van der Waals surface area contributed by atoms with E-state index in [9.17, 15) is 24.3 Å². The summed E-state index contributed by atoms with van der Waals surface area (Å²) in [6.07, 6.45) is -2.33. The molecule has 2 aromatic carbocycles. The van der Waals surface area contributed by atoms with Gasteiger partial charge in [-0.05, 0) is 111 Å². The molecule has 9 unspecified atom stereocenters. The molecule has 3 aliphatic rings. The molecule has 15 nitrogen and oxygen atoms in total. The van der Waals surface area contributed by atoms with E-state index in [0.29, 0.717) is 16.7 Å². The average molecular weight is 847 g/mol. The van der Waals surface area contributed by atoms with Crippen LogP contribution in [-0.4, -0.2) is 110 Å². The molecule has 330 valence electrons. The minimum atomic E-state index is -2.38. The third kappa shape index (κ3) is 7.68. The molecule has 2 aliphatic heterocycles. The molecule has 1 N–H and O–H groups in total. The lowest BCUT2D eigenvalue weighted by Crippen LogP contribution is -2.61. The van der Waals surface area contributed by atoms with Gasteiger partial charge in [0.05, 0.1) is 52.5 Å². The summed E-state index contributed by atoms with van der Waals surface area (Å²) in [6, 6.07) is 4.20. The molecule has 3 aromatic rings. The van der Waals surface area contributed by atoms with Gasteiger partial charge in [-0.3, -0.25) is 24.0 Å². The van der Waals surface area contributed by atoms with E-state index in [1.807, 2.05) is 44.9 Å². The summed E-state index contributed by atoms with van der Waals surface area (Å²) in [7, 11) is 8.71. The first-order chi connectivity index (χ1) is 28.5. The number of carbonyl (C=O) groups excluding carboxylic acids is 4. The lowest BCUT2D eigenvalue weighted by atomic mass is 9.72. The van der Waals surface area contributed by atoms with E-state index >= 15 is 4.79 Å². The van der Waals surface area contributed by atoms with Gasteiger partial charge in [0, 0.05) is 50.6 Å². The van der Waals surface area contributed by atoms with Gasteiger partial charge in [-0.2, -0.15) is 0 Å². The predicted octanol–water partition coefficient (Wildman–Crippen LogP) is 6.00. The fraction of sp³-hybridized carbons (Fsp3) is 0.543. The maximum Gasteiger partial charge on any atom is 0.305 e. The molecule has 1 aromatic heterocycles. The van der Waals surface area contributed by atoms with E-state index < -0.39 is 88.9 Å². The molecule has 0 amide bonds. The molecule has 1 aliphatic carbocycles. The van der Waals surface area contributed by atoms with E-state index in [2.05, 4.69) is 0 Å². The van der Waals surface area contributed by atoms with Crippen LogP contribution in [0, 0.1) is 6.92 Å². The monoisotopic (exact) mass is 846 g/mol. The van der Waals surface area contributed by atoms with Gasteiger partial charge in [-0.15, -0.1) is 0 Å². The average Bonchev–Trinajstić information content (AvgIpc) is 3.17. The highest BCUT2D eigenvalue weighted by Crippen LogP contribution is 2.56. The first kappa shape index (κ1) is 45.6. The zero-order valence-electron chi connectivity index (χ0n) is 37.5. The highest BCUT2D eigenvalue weighted by molar-refractivity contribution is 6.17. The van der Waals surface area contributed by atoms with Crippen LogP contribution < -0.4 is 5.43 Å². The number of ketones is 1. The number of phenols is 1. The minimum absolute atomic E-state index is 0.0187. The van der Waals surface area contributed by atoms with Crippen LogP contribution in [0.15, 0.2) is 33.5 Å². The Morgan fingerprint density at radius 2 is 1.52 bits per heavy atom. The maximum atomic E-state index is 15.5. The van der Waals surface area contributed by atoms with Gasteiger partial charge in [-0.1, -0.05) is 6.08 Å². The molecule has 61 heavy (non-hydrogen) atoms. The Labute approximate surface area is 355 Å². The number of aryl methyl sites for hydroxylation is 1. The van der Waals surface area contributed by atoms with Crippen molar-refractivity contribution in [3.8, 4) is 5.75 Å². The number of allylic oxidation sites excluding steroid dienone is 2. The topological polar surface area (TPSA) is 181 Å². The number of benzene rings is 2. The number of likely N-dealkylation sites (N-methyl/N-ethyl adjacent to an activating group) is 2. The van der Waals surface area contributed by atoms with Gasteiger partial charge in [-0.25, -0.2) is 0 Å². The lowest BCUT2D eigenvalue weighted by molar-refractivity contribution is -0.208. The number of nitrogens with zero attached hydrogens (tertiary/aromatic N) is 2. The number of esters is 3. The minimum Gasteiger partial charge on any atom is -0.507 e. The van der Waals surface area contributed by atoms with Crippen molar-refractivity contribution in [3.63, 3.8) is 0 Å². The number of methoxy groups -OCH3 is 1. The first-order valence-corrected chi connectivity index (χ1v) is 20.5. The molecule has 3 heterocycles. The summed E-state index contributed by atoms with van der Waals surface area (Å²) in [5.41, 5.74) is -0.0139. The first-order valence-electron chi connectivity index (χ1n) is 20.5. The number of fused-ring (bicyclic) bond motifs is 4. The van der Waals surface area contributed by atoms with Gasteiger partial charge in [0.15, 0.2) is 11.2 Å². The summed E-state index contributed by atoms with van der Waals surface area (Å²) in [5, 5.41) is 13.1. The second-order valence-electron chi connectivity index (χ2n) is 17.1. The van der Waals surface area contributed by atoms with Crippen molar-refractivity contribution < 1.29 is 57.1 Å². The summed E-state index contributed by atoms with van der Waals surface area (Å²) in [6.45, 7) is 14.6. The Hall–Kier alpha value is -4.93. The SMILES string of the molecule is C/C=C(\C)c1cc(=O)c2c(C)cc3c(c2o1)C(OC)(OC(C)=O)c1c(O)c(C2CC(C)(N(C)C)C(OC(C)=O)C(C)O2)cc(C2CC(N(C)C)C(OC(C)=O)C(C)O2)c1C3=O. The fourth-order valence-electron chi connectivity index (χ4n) is 9.49.